The third kappa shape index (κ3) is 3.06. The fraction of sp³-hybridized carbons (Fsp3) is 0.368. The van der Waals surface area contributed by atoms with Crippen molar-refractivity contribution in [2.24, 2.45) is 0 Å². The summed E-state index contributed by atoms with van der Waals surface area (Å²) in [4.78, 5) is 0.204. The second kappa shape index (κ2) is 6.76. The molecule has 0 fully saturated rings. The van der Waals surface area contributed by atoms with Crippen molar-refractivity contribution in [3.05, 3.63) is 52.0 Å². The fourth-order valence-corrected chi connectivity index (χ4v) is 5.02. The van der Waals surface area contributed by atoms with Crippen LogP contribution >= 0.6 is 11.6 Å². The summed E-state index contributed by atoms with van der Waals surface area (Å²) in [6, 6.07) is 8.41. The molecule has 0 N–H and O–H groups in total. The van der Waals surface area contributed by atoms with Crippen molar-refractivity contribution in [2.45, 2.75) is 24.2 Å². The average molecular weight is 394 g/mol. The maximum absolute atomic E-state index is 12.8. The molecular weight excluding hydrogens is 374 g/mol. The van der Waals surface area contributed by atoms with E-state index in [9.17, 15) is 8.42 Å². The molecule has 0 radical (unpaired) electrons. The van der Waals surface area contributed by atoms with Crippen molar-refractivity contribution in [1.29, 1.82) is 0 Å². The summed E-state index contributed by atoms with van der Waals surface area (Å²) >= 11 is 5.94. The molecule has 0 unspecified atom stereocenters. The molecule has 4 rings (SSSR count). The standard InChI is InChI=1S/C19H20ClNO4S/c1-21(26(22,23)15-4-2-3-14(20)12-15)8-5-17-16-7-10-24-18(16)11-13-6-9-25-19(13)17/h2-4,11-12H,5-10H2,1H3. The third-order valence-electron chi connectivity index (χ3n) is 4.94. The number of ether oxygens (including phenoxy) is 2. The number of sulfonamides is 1. The van der Waals surface area contributed by atoms with Gasteiger partial charge >= 0.3 is 0 Å². The van der Waals surface area contributed by atoms with Crippen molar-refractivity contribution < 1.29 is 17.9 Å². The summed E-state index contributed by atoms with van der Waals surface area (Å²) in [7, 11) is -1.99. The van der Waals surface area contributed by atoms with Crippen LogP contribution in [0.5, 0.6) is 11.5 Å². The largest absolute Gasteiger partial charge is 0.493 e. The van der Waals surface area contributed by atoms with E-state index in [0.29, 0.717) is 31.2 Å². The Morgan fingerprint density at radius 1 is 1.15 bits per heavy atom. The Morgan fingerprint density at radius 2 is 1.96 bits per heavy atom. The predicted octanol–water partition coefficient (Wildman–Crippen LogP) is 3.07. The number of rotatable bonds is 5. The molecule has 7 heteroatoms. The number of likely N-dealkylation sites (N-methyl/N-ethyl adjacent to an activating group) is 1. The van der Waals surface area contributed by atoms with Crippen LogP contribution in [0.25, 0.3) is 0 Å². The zero-order valence-electron chi connectivity index (χ0n) is 14.5. The van der Waals surface area contributed by atoms with Crippen molar-refractivity contribution in [1.82, 2.24) is 4.31 Å². The number of nitrogens with zero attached hydrogens (tertiary/aromatic N) is 1. The van der Waals surface area contributed by atoms with Crippen molar-refractivity contribution in [3.63, 3.8) is 0 Å². The molecule has 2 heterocycles. The van der Waals surface area contributed by atoms with E-state index in [1.165, 1.54) is 10.4 Å². The molecule has 2 aliphatic rings. The highest BCUT2D eigenvalue weighted by Crippen LogP contribution is 2.40. The molecule has 2 aromatic carbocycles. The Labute approximate surface area is 158 Å². The van der Waals surface area contributed by atoms with Crippen LogP contribution in [0.15, 0.2) is 35.2 Å². The molecule has 2 aliphatic heterocycles. The molecular formula is C19H20ClNO4S. The molecule has 26 heavy (non-hydrogen) atoms. The summed E-state index contributed by atoms with van der Waals surface area (Å²) in [6.45, 7) is 1.70. The van der Waals surface area contributed by atoms with Gasteiger partial charge in [0.05, 0.1) is 18.1 Å². The van der Waals surface area contributed by atoms with Crippen molar-refractivity contribution in [3.8, 4) is 11.5 Å². The molecule has 2 aromatic rings. The van der Waals surface area contributed by atoms with E-state index in [1.54, 1.807) is 25.2 Å². The van der Waals surface area contributed by atoms with Gasteiger partial charge in [0.2, 0.25) is 10.0 Å². The molecule has 0 aromatic heterocycles. The van der Waals surface area contributed by atoms with Gasteiger partial charge in [0.1, 0.15) is 11.5 Å². The third-order valence-corrected chi connectivity index (χ3v) is 7.03. The number of hydrogen-bond donors (Lipinski definition) is 0. The van der Waals surface area contributed by atoms with E-state index in [4.69, 9.17) is 21.1 Å². The monoisotopic (exact) mass is 393 g/mol. The van der Waals surface area contributed by atoms with Gasteiger partial charge in [-0.25, -0.2) is 12.7 Å². The topological polar surface area (TPSA) is 55.8 Å². The van der Waals surface area contributed by atoms with Gasteiger partial charge in [-0.15, -0.1) is 0 Å². The number of hydrogen-bond acceptors (Lipinski definition) is 4. The van der Waals surface area contributed by atoms with Crippen LogP contribution < -0.4 is 9.47 Å². The fourth-order valence-electron chi connectivity index (χ4n) is 3.55. The van der Waals surface area contributed by atoms with E-state index in [2.05, 4.69) is 6.07 Å². The predicted molar refractivity (Wildman–Crippen MR) is 99.8 cm³/mol. The van der Waals surface area contributed by atoms with Gasteiger partial charge in [-0.05, 0) is 30.7 Å². The Kier molecular flexibility index (Phi) is 4.59. The van der Waals surface area contributed by atoms with Gasteiger partial charge < -0.3 is 9.47 Å². The maximum Gasteiger partial charge on any atom is 0.242 e. The van der Waals surface area contributed by atoms with Crippen LogP contribution in [0, 0.1) is 0 Å². The normalized spacial score (nSPS) is 15.5. The van der Waals surface area contributed by atoms with Crippen LogP contribution in [0.2, 0.25) is 5.02 Å². The van der Waals surface area contributed by atoms with Gasteiger partial charge in [0.15, 0.2) is 0 Å². The minimum atomic E-state index is -3.58. The van der Waals surface area contributed by atoms with Crippen LogP contribution in [0.3, 0.4) is 0 Å². The Hall–Kier alpha value is -1.76. The summed E-state index contributed by atoms with van der Waals surface area (Å²) < 4.78 is 38.5. The van der Waals surface area contributed by atoms with E-state index >= 15 is 0 Å². The molecule has 0 spiro atoms. The minimum absolute atomic E-state index is 0.204. The maximum atomic E-state index is 12.8. The van der Waals surface area contributed by atoms with Gasteiger partial charge in [-0.3, -0.25) is 0 Å². The van der Waals surface area contributed by atoms with Gasteiger partial charge in [0, 0.05) is 48.1 Å². The van der Waals surface area contributed by atoms with Crippen molar-refractivity contribution in [2.75, 3.05) is 26.8 Å². The number of halogens is 1. The van der Waals surface area contributed by atoms with E-state index in [1.807, 2.05) is 0 Å². The molecule has 0 aliphatic carbocycles. The smallest absolute Gasteiger partial charge is 0.242 e. The Morgan fingerprint density at radius 3 is 2.77 bits per heavy atom. The lowest BCUT2D eigenvalue weighted by molar-refractivity contribution is 0.351. The van der Waals surface area contributed by atoms with Gasteiger partial charge in [-0.1, -0.05) is 17.7 Å². The highest BCUT2D eigenvalue weighted by Gasteiger charge is 2.28. The summed E-state index contributed by atoms with van der Waals surface area (Å²) in [5.74, 6) is 1.84. The Bertz CT molecular complexity index is 926. The first-order valence-corrected chi connectivity index (χ1v) is 10.4. The lowest BCUT2D eigenvalue weighted by atomic mass is 9.97. The molecule has 138 valence electrons. The zero-order chi connectivity index (χ0) is 18.3. The van der Waals surface area contributed by atoms with Crippen LogP contribution in [-0.2, 0) is 29.3 Å². The summed E-state index contributed by atoms with van der Waals surface area (Å²) in [5, 5.41) is 0.406. The first kappa shape index (κ1) is 17.6. The lowest BCUT2D eigenvalue weighted by Gasteiger charge is -2.19. The van der Waals surface area contributed by atoms with Gasteiger partial charge in [-0.2, -0.15) is 0 Å². The highest BCUT2D eigenvalue weighted by atomic mass is 35.5. The minimum Gasteiger partial charge on any atom is -0.493 e. The molecule has 5 nitrogen and oxygen atoms in total. The highest BCUT2D eigenvalue weighted by molar-refractivity contribution is 7.89. The van der Waals surface area contributed by atoms with E-state index in [0.717, 1.165) is 41.0 Å². The summed E-state index contributed by atoms with van der Waals surface area (Å²) in [6.07, 6.45) is 2.30. The van der Waals surface area contributed by atoms with Crippen LogP contribution in [0.4, 0.5) is 0 Å². The molecule has 0 amide bonds. The summed E-state index contributed by atoms with van der Waals surface area (Å²) in [5.41, 5.74) is 3.39. The van der Waals surface area contributed by atoms with Gasteiger partial charge in [0.25, 0.3) is 0 Å². The Balaban J connectivity index is 1.58. The quantitative estimate of drug-likeness (QED) is 0.783. The zero-order valence-corrected chi connectivity index (χ0v) is 16.1. The van der Waals surface area contributed by atoms with Crippen LogP contribution in [-0.4, -0.2) is 39.5 Å². The van der Waals surface area contributed by atoms with Crippen LogP contribution in [0.1, 0.15) is 16.7 Å². The lowest BCUT2D eigenvalue weighted by Crippen LogP contribution is -2.29. The first-order chi connectivity index (χ1) is 12.5. The van der Waals surface area contributed by atoms with Crippen molar-refractivity contribution >= 4 is 21.6 Å². The number of fused-ring (bicyclic) bond motifs is 2. The average Bonchev–Trinajstić information content (AvgIpc) is 3.27. The first-order valence-electron chi connectivity index (χ1n) is 8.62. The molecule has 0 saturated heterocycles. The molecule has 0 saturated carbocycles. The SMILES string of the molecule is CN(CCc1c2c(cc3c1OCC3)OCC2)S(=O)(=O)c1cccc(Cl)c1. The van der Waals surface area contributed by atoms with E-state index < -0.39 is 10.0 Å². The molecule has 0 bridgehead atoms. The number of benzene rings is 2. The second-order valence-electron chi connectivity index (χ2n) is 6.55. The molecule has 0 atom stereocenters. The van der Waals surface area contributed by atoms with E-state index in [-0.39, 0.29) is 4.90 Å². The second-order valence-corrected chi connectivity index (χ2v) is 9.03.